The topological polar surface area (TPSA) is 75.9 Å². The largest absolute Gasteiger partial charge is 0.450 e. The lowest BCUT2D eigenvalue weighted by Crippen LogP contribution is -2.53. The zero-order chi connectivity index (χ0) is 12.1. The monoisotopic (exact) mass is 229 g/mol. The molecular formula is C10H19N3O3. The van der Waals surface area contributed by atoms with Crippen LogP contribution in [0.2, 0.25) is 0 Å². The highest BCUT2D eigenvalue weighted by atomic mass is 16.6. The van der Waals surface area contributed by atoms with Gasteiger partial charge in [0, 0.05) is 26.2 Å². The maximum Gasteiger partial charge on any atom is 0.409 e. The number of nitrogens with zero attached hydrogens (tertiary/aromatic N) is 2. The van der Waals surface area contributed by atoms with E-state index in [1.54, 1.807) is 23.6 Å². The van der Waals surface area contributed by atoms with Gasteiger partial charge in [-0.25, -0.2) is 4.79 Å². The summed E-state index contributed by atoms with van der Waals surface area (Å²) in [4.78, 5) is 26.2. The van der Waals surface area contributed by atoms with Crippen molar-refractivity contribution in [3.05, 3.63) is 0 Å². The molecule has 2 N–H and O–H groups in total. The van der Waals surface area contributed by atoms with Crippen molar-refractivity contribution in [3.63, 3.8) is 0 Å². The predicted octanol–water partition coefficient (Wildman–Crippen LogP) is -0.366. The highest BCUT2D eigenvalue weighted by Crippen LogP contribution is 2.05. The molecule has 6 heteroatoms. The number of carbonyl (C=O) groups is 2. The lowest BCUT2D eigenvalue weighted by atomic mass is 10.2. The van der Waals surface area contributed by atoms with Gasteiger partial charge in [0.2, 0.25) is 5.91 Å². The van der Waals surface area contributed by atoms with E-state index in [9.17, 15) is 9.59 Å². The first-order chi connectivity index (χ1) is 7.56. The summed E-state index contributed by atoms with van der Waals surface area (Å²) in [5.74, 6) is -0.0662. The van der Waals surface area contributed by atoms with Gasteiger partial charge in [0.15, 0.2) is 0 Å². The van der Waals surface area contributed by atoms with E-state index < -0.39 is 6.04 Å². The van der Waals surface area contributed by atoms with E-state index in [1.807, 2.05) is 0 Å². The van der Waals surface area contributed by atoms with Crippen molar-refractivity contribution < 1.29 is 14.3 Å². The van der Waals surface area contributed by atoms with Crippen LogP contribution in [0.4, 0.5) is 4.79 Å². The van der Waals surface area contributed by atoms with E-state index in [0.29, 0.717) is 32.8 Å². The molecule has 6 nitrogen and oxygen atoms in total. The minimum absolute atomic E-state index is 0.0662. The molecule has 1 aliphatic heterocycles. The Bertz CT molecular complexity index is 260. The second kappa shape index (κ2) is 5.69. The summed E-state index contributed by atoms with van der Waals surface area (Å²) in [5.41, 5.74) is 5.51. The number of piperazine rings is 1. The van der Waals surface area contributed by atoms with E-state index in [-0.39, 0.29) is 12.0 Å². The Morgan fingerprint density at radius 2 is 1.75 bits per heavy atom. The Labute approximate surface area is 95.3 Å². The molecule has 0 unspecified atom stereocenters. The van der Waals surface area contributed by atoms with Crippen molar-refractivity contribution in [2.24, 2.45) is 5.73 Å². The predicted molar refractivity (Wildman–Crippen MR) is 58.8 cm³/mol. The summed E-state index contributed by atoms with van der Waals surface area (Å²) in [6, 6.07) is -0.478. The second-order valence-corrected chi connectivity index (χ2v) is 3.80. The Morgan fingerprint density at radius 1 is 1.25 bits per heavy atom. The van der Waals surface area contributed by atoms with E-state index >= 15 is 0 Å². The van der Waals surface area contributed by atoms with Crippen molar-refractivity contribution in [1.82, 2.24) is 9.80 Å². The fourth-order valence-corrected chi connectivity index (χ4v) is 1.61. The minimum Gasteiger partial charge on any atom is -0.450 e. The van der Waals surface area contributed by atoms with Gasteiger partial charge in [0.1, 0.15) is 0 Å². The van der Waals surface area contributed by atoms with E-state index in [1.165, 1.54) is 0 Å². The number of nitrogens with two attached hydrogens (primary N) is 1. The zero-order valence-corrected chi connectivity index (χ0v) is 9.81. The van der Waals surface area contributed by atoms with Gasteiger partial charge in [-0.3, -0.25) is 4.79 Å². The third kappa shape index (κ3) is 3.10. The Kier molecular flexibility index (Phi) is 4.54. The molecule has 0 aromatic rings. The van der Waals surface area contributed by atoms with Crippen LogP contribution in [0, 0.1) is 0 Å². The molecule has 0 spiro atoms. The summed E-state index contributed by atoms with van der Waals surface area (Å²) in [6.45, 7) is 5.89. The standard InChI is InChI=1S/C10H19N3O3/c1-3-16-10(15)13-6-4-12(5-7-13)9(14)8(2)11/h8H,3-7,11H2,1-2H3/t8-/m0/s1. The second-order valence-electron chi connectivity index (χ2n) is 3.80. The molecule has 1 saturated heterocycles. The van der Waals surface area contributed by atoms with E-state index in [4.69, 9.17) is 10.5 Å². The van der Waals surface area contributed by atoms with Crippen LogP contribution in [0.1, 0.15) is 13.8 Å². The molecule has 1 aliphatic rings. The third-order valence-electron chi connectivity index (χ3n) is 2.51. The fraction of sp³-hybridized carbons (Fsp3) is 0.800. The molecule has 92 valence electrons. The lowest BCUT2D eigenvalue weighted by Gasteiger charge is -2.34. The Hall–Kier alpha value is -1.30. The molecule has 0 aromatic heterocycles. The van der Waals surface area contributed by atoms with Crippen molar-refractivity contribution in [2.45, 2.75) is 19.9 Å². The van der Waals surface area contributed by atoms with Gasteiger partial charge in [0.25, 0.3) is 0 Å². The molecule has 16 heavy (non-hydrogen) atoms. The number of rotatable bonds is 2. The number of hydrogen-bond acceptors (Lipinski definition) is 4. The van der Waals surface area contributed by atoms with Crippen LogP contribution in [-0.2, 0) is 9.53 Å². The zero-order valence-electron chi connectivity index (χ0n) is 9.81. The highest BCUT2D eigenvalue weighted by molar-refractivity contribution is 5.81. The number of hydrogen-bond donors (Lipinski definition) is 1. The molecule has 1 rings (SSSR count). The van der Waals surface area contributed by atoms with Crippen LogP contribution in [0.5, 0.6) is 0 Å². The lowest BCUT2D eigenvalue weighted by molar-refractivity contribution is -0.133. The van der Waals surface area contributed by atoms with Crippen molar-refractivity contribution in [3.8, 4) is 0 Å². The molecule has 1 fully saturated rings. The summed E-state index contributed by atoms with van der Waals surface area (Å²) in [5, 5.41) is 0. The molecule has 2 amide bonds. The third-order valence-corrected chi connectivity index (χ3v) is 2.51. The average molecular weight is 229 g/mol. The number of ether oxygens (including phenoxy) is 1. The SMILES string of the molecule is CCOC(=O)N1CCN(C(=O)[C@H](C)N)CC1. The molecule has 1 heterocycles. The Morgan fingerprint density at radius 3 is 2.19 bits per heavy atom. The van der Waals surface area contributed by atoms with Gasteiger partial charge >= 0.3 is 6.09 Å². The average Bonchev–Trinajstić information content (AvgIpc) is 2.28. The quantitative estimate of drug-likeness (QED) is 0.701. The molecule has 0 aliphatic carbocycles. The van der Waals surface area contributed by atoms with Crippen LogP contribution >= 0.6 is 0 Å². The molecule has 0 aromatic carbocycles. The number of amides is 2. The van der Waals surface area contributed by atoms with Gasteiger partial charge < -0.3 is 20.3 Å². The van der Waals surface area contributed by atoms with Gasteiger partial charge in [-0.05, 0) is 13.8 Å². The first-order valence-electron chi connectivity index (χ1n) is 5.52. The van der Waals surface area contributed by atoms with E-state index in [0.717, 1.165) is 0 Å². The van der Waals surface area contributed by atoms with Crippen molar-refractivity contribution in [1.29, 1.82) is 0 Å². The summed E-state index contributed by atoms with van der Waals surface area (Å²) in [7, 11) is 0. The van der Waals surface area contributed by atoms with Crippen LogP contribution in [-0.4, -0.2) is 60.6 Å². The molecule has 0 radical (unpaired) electrons. The van der Waals surface area contributed by atoms with Crippen LogP contribution < -0.4 is 5.73 Å². The van der Waals surface area contributed by atoms with Crippen LogP contribution in [0.25, 0.3) is 0 Å². The summed E-state index contributed by atoms with van der Waals surface area (Å²) >= 11 is 0. The smallest absolute Gasteiger partial charge is 0.409 e. The molecule has 0 bridgehead atoms. The maximum atomic E-state index is 11.6. The first kappa shape index (κ1) is 12.8. The summed E-state index contributed by atoms with van der Waals surface area (Å²) < 4.78 is 4.88. The molecular weight excluding hydrogens is 210 g/mol. The van der Waals surface area contributed by atoms with Crippen LogP contribution in [0.15, 0.2) is 0 Å². The highest BCUT2D eigenvalue weighted by Gasteiger charge is 2.25. The fourth-order valence-electron chi connectivity index (χ4n) is 1.61. The maximum absolute atomic E-state index is 11.6. The van der Waals surface area contributed by atoms with Crippen molar-refractivity contribution >= 4 is 12.0 Å². The normalized spacial score (nSPS) is 18.2. The molecule has 1 atom stereocenters. The van der Waals surface area contributed by atoms with Gasteiger partial charge in [-0.2, -0.15) is 0 Å². The van der Waals surface area contributed by atoms with Gasteiger partial charge in [-0.1, -0.05) is 0 Å². The van der Waals surface area contributed by atoms with Gasteiger partial charge in [-0.15, -0.1) is 0 Å². The first-order valence-corrected chi connectivity index (χ1v) is 5.52. The van der Waals surface area contributed by atoms with Gasteiger partial charge in [0.05, 0.1) is 12.6 Å². The Balaban J connectivity index is 2.39. The number of carbonyl (C=O) groups excluding carboxylic acids is 2. The van der Waals surface area contributed by atoms with E-state index in [2.05, 4.69) is 0 Å². The van der Waals surface area contributed by atoms with Crippen LogP contribution in [0.3, 0.4) is 0 Å². The summed E-state index contributed by atoms with van der Waals surface area (Å²) in [6.07, 6.45) is -0.310. The molecule has 0 saturated carbocycles. The minimum atomic E-state index is -0.478. The van der Waals surface area contributed by atoms with Crippen molar-refractivity contribution in [2.75, 3.05) is 32.8 Å².